The van der Waals surface area contributed by atoms with Crippen LogP contribution in [0.3, 0.4) is 0 Å². The van der Waals surface area contributed by atoms with Crippen LogP contribution in [0.15, 0.2) is 18.2 Å². The highest BCUT2D eigenvalue weighted by Crippen LogP contribution is 2.29. The predicted molar refractivity (Wildman–Crippen MR) is 72.9 cm³/mol. The molecule has 0 amide bonds. The molecule has 1 aromatic carbocycles. The number of nitrogen functional groups attached to an aromatic ring is 1. The summed E-state index contributed by atoms with van der Waals surface area (Å²) in [5.41, 5.74) is 8.07. The number of benzene rings is 1. The summed E-state index contributed by atoms with van der Waals surface area (Å²) in [7, 11) is 0. The van der Waals surface area contributed by atoms with Crippen LogP contribution in [0.1, 0.15) is 36.5 Å². The number of carbonyl (C=O) groups excluding carboxylic acids is 1. The van der Waals surface area contributed by atoms with Gasteiger partial charge in [-0.05, 0) is 38.3 Å². The first-order valence-corrected chi connectivity index (χ1v) is 6.54. The summed E-state index contributed by atoms with van der Waals surface area (Å²) in [6.07, 6.45) is 3.64. The topological polar surface area (TPSA) is 55.6 Å². The Hall–Kier alpha value is -1.71. The lowest BCUT2D eigenvalue weighted by Crippen LogP contribution is -2.30. The van der Waals surface area contributed by atoms with Crippen molar-refractivity contribution in [1.29, 1.82) is 0 Å². The Morgan fingerprint density at radius 3 is 2.72 bits per heavy atom. The van der Waals surface area contributed by atoms with E-state index in [9.17, 15) is 4.79 Å². The first-order chi connectivity index (χ1) is 8.74. The van der Waals surface area contributed by atoms with E-state index in [0.717, 1.165) is 18.8 Å². The number of hydrogen-bond donors (Lipinski definition) is 1. The third kappa shape index (κ3) is 2.58. The van der Waals surface area contributed by atoms with Gasteiger partial charge in [-0.3, -0.25) is 0 Å². The molecule has 0 bridgehead atoms. The summed E-state index contributed by atoms with van der Waals surface area (Å²) in [5, 5.41) is 0. The van der Waals surface area contributed by atoms with E-state index in [-0.39, 0.29) is 5.97 Å². The molecule has 0 aromatic heterocycles. The van der Waals surface area contributed by atoms with Crippen molar-refractivity contribution in [3.8, 4) is 0 Å². The summed E-state index contributed by atoms with van der Waals surface area (Å²) in [6.45, 7) is 4.18. The number of rotatable bonds is 3. The van der Waals surface area contributed by atoms with Crippen molar-refractivity contribution in [3.63, 3.8) is 0 Å². The number of carbonyl (C=O) groups is 1. The maximum atomic E-state index is 11.8. The number of esters is 1. The Balaban J connectivity index is 2.26. The minimum atomic E-state index is -0.339. The lowest BCUT2D eigenvalue weighted by atomic mass is 10.1. The summed E-state index contributed by atoms with van der Waals surface area (Å²) in [5.74, 6) is -0.339. The summed E-state index contributed by atoms with van der Waals surface area (Å²) < 4.78 is 5.01. The van der Waals surface area contributed by atoms with Gasteiger partial charge in [-0.25, -0.2) is 4.79 Å². The number of nitrogens with zero attached hydrogens (tertiary/aromatic N) is 1. The van der Waals surface area contributed by atoms with E-state index in [1.165, 1.54) is 19.3 Å². The monoisotopic (exact) mass is 248 g/mol. The molecule has 1 fully saturated rings. The maximum absolute atomic E-state index is 11.8. The zero-order valence-electron chi connectivity index (χ0n) is 10.8. The number of anilines is 2. The summed E-state index contributed by atoms with van der Waals surface area (Å²) in [4.78, 5) is 14.0. The zero-order chi connectivity index (χ0) is 13.0. The van der Waals surface area contributed by atoms with E-state index >= 15 is 0 Å². The van der Waals surface area contributed by atoms with Crippen LogP contribution in [0, 0.1) is 0 Å². The molecule has 0 spiro atoms. The van der Waals surface area contributed by atoms with Crippen LogP contribution in [0.2, 0.25) is 0 Å². The van der Waals surface area contributed by atoms with E-state index in [2.05, 4.69) is 4.90 Å². The fraction of sp³-hybridized carbons (Fsp3) is 0.500. The van der Waals surface area contributed by atoms with Gasteiger partial charge in [0.2, 0.25) is 0 Å². The molecule has 2 rings (SSSR count). The molecular formula is C14H20N2O2. The van der Waals surface area contributed by atoms with Gasteiger partial charge in [0.15, 0.2) is 0 Å². The molecule has 98 valence electrons. The van der Waals surface area contributed by atoms with E-state index < -0.39 is 0 Å². The molecule has 4 heteroatoms. The van der Waals surface area contributed by atoms with Gasteiger partial charge >= 0.3 is 5.97 Å². The van der Waals surface area contributed by atoms with Crippen LogP contribution in [0.5, 0.6) is 0 Å². The molecular weight excluding hydrogens is 228 g/mol. The second-order valence-corrected chi connectivity index (χ2v) is 4.51. The second-order valence-electron chi connectivity index (χ2n) is 4.51. The van der Waals surface area contributed by atoms with Gasteiger partial charge < -0.3 is 15.4 Å². The number of para-hydroxylation sites is 1. The normalized spacial score (nSPS) is 15.5. The Morgan fingerprint density at radius 2 is 2.06 bits per heavy atom. The third-order valence-corrected chi connectivity index (χ3v) is 3.28. The standard InChI is InChI=1S/C14H20N2O2/c1-2-18-14(17)11-7-6-8-12(13(11)15)16-9-4-3-5-10-16/h6-8H,2-5,9-10,15H2,1H3. The zero-order valence-corrected chi connectivity index (χ0v) is 10.8. The van der Waals surface area contributed by atoms with E-state index in [0.29, 0.717) is 17.9 Å². The van der Waals surface area contributed by atoms with E-state index in [4.69, 9.17) is 10.5 Å². The minimum Gasteiger partial charge on any atom is -0.462 e. The molecule has 0 saturated carbocycles. The fourth-order valence-corrected chi connectivity index (χ4v) is 2.35. The quantitative estimate of drug-likeness (QED) is 0.659. The van der Waals surface area contributed by atoms with Crippen molar-refractivity contribution in [1.82, 2.24) is 0 Å². The highest BCUT2D eigenvalue weighted by molar-refractivity contribution is 5.98. The molecule has 1 saturated heterocycles. The Morgan fingerprint density at radius 1 is 1.33 bits per heavy atom. The third-order valence-electron chi connectivity index (χ3n) is 3.28. The van der Waals surface area contributed by atoms with Gasteiger partial charge in [-0.15, -0.1) is 0 Å². The van der Waals surface area contributed by atoms with Crippen molar-refractivity contribution in [2.75, 3.05) is 30.3 Å². The molecule has 1 aliphatic rings. The van der Waals surface area contributed by atoms with E-state index in [1.807, 2.05) is 12.1 Å². The van der Waals surface area contributed by atoms with Crippen LogP contribution < -0.4 is 10.6 Å². The SMILES string of the molecule is CCOC(=O)c1cccc(N2CCCCC2)c1N. The molecule has 0 atom stereocenters. The largest absolute Gasteiger partial charge is 0.462 e. The minimum absolute atomic E-state index is 0.339. The highest BCUT2D eigenvalue weighted by atomic mass is 16.5. The van der Waals surface area contributed by atoms with Gasteiger partial charge in [-0.2, -0.15) is 0 Å². The average Bonchev–Trinajstić information content (AvgIpc) is 2.40. The predicted octanol–water partition coefficient (Wildman–Crippen LogP) is 2.44. The second kappa shape index (κ2) is 5.76. The van der Waals surface area contributed by atoms with Crippen LogP contribution in [-0.2, 0) is 4.74 Å². The van der Waals surface area contributed by atoms with E-state index in [1.54, 1.807) is 13.0 Å². The number of hydrogen-bond acceptors (Lipinski definition) is 4. The van der Waals surface area contributed by atoms with Crippen LogP contribution in [0.25, 0.3) is 0 Å². The van der Waals surface area contributed by atoms with Gasteiger partial charge in [0.05, 0.1) is 23.5 Å². The smallest absolute Gasteiger partial charge is 0.340 e. The number of ether oxygens (including phenoxy) is 1. The van der Waals surface area contributed by atoms with Gasteiger partial charge in [0.1, 0.15) is 0 Å². The number of nitrogens with two attached hydrogens (primary N) is 1. The molecule has 0 aliphatic carbocycles. The Labute approximate surface area is 108 Å². The first-order valence-electron chi connectivity index (χ1n) is 6.54. The van der Waals surface area contributed by atoms with Crippen LogP contribution in [-0.4, -0.2) is 25.7 Å². The summed E-state index contributed by atoms with van der Waals surface area (Å²) in [6, 6.07) is 5.57. The lowest BCUT2D eigenvalue weighted by Gasteiger charge is -2.30. The summed E-state index contributed by atoms with van der Waals surface area (Å²) >= 11 is 0. The van der Waals surface area contributed by atoms with Crippen molar-refractivity contribution in [2.24, 2.45) is 0 Å². The molecule has 4 nitrogen and oxygen atoms in total. The molecule has 1 aromatic rings. The van der Waals surface area contributed by atoms with Gasteiger partial charge in [0, 0.05) is 13.1 Å². The lowest BCUT2D eigenvalue weighted by molar-refractivity contribution is 0.0527. The highest BCUT2D eigenvalue weighted by Gasteiger charge is 2.18. The molecule has 2 N–H and O–H groups in total. The first kappa shape index (κ1) is 12.7. The molecule has 0 radical (unpaired) electrons. The van der Waals surface area contributed by atoms with Crippen LogP contribution in [0.4, 0.5) is 11.4 Å². The molecule has 1 heterocycles. The molecule has 1 aliphatic heterocycles. The van der Waals surface area contributed by atoms with Crippen molar-refractivity contribution >= 4 is 17.3 Å². The molecule has 0 unspecified atom stereocenters. The number of piperidine rings is 1. The van der Waals surface area contributed by atoms with Crippen molar-refractivity contribution in [2.45, 2.75) is 26.2 Å². The fourth-order valence-electron chi connectivity index (χ4n) is 2.35. The Bertz CT molecular complexity index is 426. The van der Waals surface area contributed by atoms with Gasteiger partial charge in [0.25, 0.3) is 0 Å². The van der Waals surface area contributed by atoms with Crippen molar-refractivity contribution < 1.29 is 9.53 Å². The van der Waals surface area contributed by atoms with Crippen LogP contribution >= 0.6 is 0 Å². The maximum Gasteiger partial charge on any atom is 0.340 e. The van der Waals surface area contributed by atoms with Gasteiger partial charge in [-0.1, -0.05) is 6.07 Å². The molecule has 18 heavy (non-hydrogen) atoms. The average molecular weight is 248 g/mol. The Kier molecular flexibility index (Phi) is 4.07. The van der Waals surface area contributed by atoms with Crippen molar-refractivity contribution in [3.05, 3.63) is 23.8 Å².